The highest BCUT2D eigenvalue weighted by Gasteiger charge is 2.41. The van der Waals surface area contributed by atoms with Crippen LogP contribution in [-0.4, -0.2) is 49.1 Å². The molecule has 1 aliphatic carbocycles. The quantitative estimate of drug-likeness (QED) is 0.854. The zero-order valence-corrected chi connectivity index (χ0v) is 12.4. The van der Waals surface area contributed by atoms with E-state index in [0.717, 1.165) is 43.9 Å². The molecule has 1 aromatic heterocycles. The second-order valence-electron chi connectivity index (χ2n) is 5.36. The molecule has 1 saturated carbocycles. The third-order valence-corrected chi connectivity index (χ3v) is 6.90. The Labute approximate surface area is 117 Å². The van der Waals surface area contributed by atoms with Crippen LogP contribution in [0.2, 0.25) is 0 Å². The van der Waals surface area contributed by atoms with E-state index in [9.17, 15) is 8.42 Å². The lowest BCUT2D eigenvalue weighted by molar-refractivity contribution is 0.414. The first kappa shape index (κ1) is 13.1. The van der Waals surface area contributed by atoms with Gasteiger partial charge >= 0.3 is 0 Å². The Morgan fingerprint density at radius 2 is 2.16 bits per heavy atom. The van der Waals surface area contributed by atoms with Gasteiger partial charge in [-0.25, -0.2) is 8.42 Å². The molecule has 2 fully saturated rings. The Morgan fingerprint density at radius 1 is 1.42 bits per heavy atom. The van der Waals surface area contributed by atoms with Crippen molar-refractivity contribution < 1.29 is 8.42 Å². The fraction of sp³-hybridized carbons (Fsp3) is 0.727. The molecule has 3 rings (SSSR count). The van der Waals surface area contributed by atoms with Crippen molar-refractivity contribution in [3.05, 3.63) is 0 Å². The van der Waals surface area contributed by atoms with Gasteiger partial charge in [-0.3, -0.25) is 0 Å². The topological polar surface area (TPSA) is 88.3 Å². The molecule has 0 radical (unpaired) electrons. The third-order valence-electron chi connectivity index (χ3n) is 3.65. The summed E-state index contributed by atoms with van der Waals surface area (Å²) in [5.41, 5.74) is 5.76. The molecule has 0 spiro atoms. The molecule has 2 aliphatic rings. The number of sulfone groups is 1. The van der Waals surface area contributed by atoms with E-state index in [2.05, 4.69) is 21.6 Å². The molecule has 1 unspecified atom stereocenters. The second kappa shape index (κ2) is 4.60. The van der Waals surface area contributed by atoms with Gasteiger partial charge in [-0.2, -0.15) is 4.37 Å². The van der Waals surface area contributed by atoms with Crippen molar-refractivity contribution in [3.8, 4) is 0 Å². The summed E-state index contributed by atoms with van der Waals surface area (Å²) in [5.74, 6) is 0.144. The Kier molecular flexibility index (Phi) is 3.18. The number of hydrogen-bond donors (Lipinski definition) is 2. The molecule has 8 heteroatoms. The third kappa shape index (κ3) is 2.44. The monoisotopic (exact) mass is 302 g/mol. The van der Waals surface area contributed by atoms with Gasteiger partial charge in [0.2, 0.25) is 0 Å². The maximum absolute atomic E-state index is 12.4. The average Bonchev–Trinajstić information content (AvgIpc) is 3.04. The molecule has 1 atom stereocenters. The summed E-state index contributed by atoms with van der Waals surface area (Å²) >= 11 is 1.15. The number of likely N-dealkylation sites (N-methyl/N-ethyl adjacent to an activating group) is 1. The largest absolute Gasteiger partial charge is 0.382 e. The highest BCUT2D eigenvalue weighted by molar-refractivity contribution is 7.92. The van der Waals surface area contributed by atoms with Crippen LogP contribution in [0.1, 0.15) is 19.3 Å². The van der Waals surface area contributed by atoms with E-state index in [1.807, 2.05) is 0 Å². The normalized spacial score (nSPS) is 24.8. The Morgan fingerprint density at radius 3 is 2.74 bits per heavy atom. The number of hydrogen-bond acceptors (Lipinski definition) is 7. The number of rotatable bonds is 4. The van der Waals surface area contributed by atoms with Gasteiger partial charge in [-0.15, -0.1) is 0 Å². The zero-order valence-electron chi connectivity index (χ0n) is 10.8. The molecule has 2 heterocycles. The van der Waals surface area contributed by atoms with Crippen molar-refractivity contribution in [3.63, 3.8) is 0 Å². The highest BCUT2D eigenvalue weighted by Crippen LogP contribution is 2.41. The van der Waals surface area contributed by atoms with Crippen LogP contribution in [0.15, 0.2) is 4.90 Å². The summed E-state index contributed by atoms with van der Waals surface area (Å²) in [5, 5.41) is 3.67. The van der Waals surface area contributed by atoms with E-state index in [1.165, 1.54) is 0 Å². The SMILES string of the molecule is CN1CCC(Nc2snc(N)c2S(=O)(=O)C2CC2)C1. The van der Waals surface area contributed by atoms with Crippen molar-refractivity contribution in [1.82, 2.24) is 9.27 Å². The standard InChI is InChI=1S/C11H18N4O2S2/c1-15-5-4-7(6-15)13-11-9(10(12)14-18-11)19(16,17)8-2-3-8/h7-8,13H,2-6H2,1H3,(H2,12,14). The minimum atomic E-state index is -3.29. The first-order valence-electron chi connectivity index (χ1n) is 6.42. The van der Waals surface area contributed by atoms with E-state index in [-0.39, 0.29) is 22.0 Å². The average molecular weight is 302 g/mol. The maximum atomic E-state index is 12.4. The number of nitrogens with one attached hydrogen (secondary N) is 1. The molecule has 1 aromatic rings. The van der Waals surface area contributed by atoms with Crippen LogP contribution in [0.5, 0.6) is 0 Å². The van der Waals surface area contributed by atoms with Gasteiger partial charge in [0, 0.05) is 12.6 Å². The van der Waals surface area contributed by atoms with Crippen LogP contribution in [0.25, 0.3) is 0 Å². The van der Waals surface area contributed by atoms with Crippen molar-refractivity contribution >= 4 is 32.2 Å². The zero-order chi connectivity index (χ0) is 13.6. The number of nitrogen functional groups attached to an aromatic ring is 1. The van der Waals surface area contributed by atoms with E-state index in [0.29, 0.717) is 5.00 Å². The van der Waals surface area contributed by atoms with E-state index in [4.69, 9.17) is 5.73 Å². The second-order valence-corrected chi connectivity index (χ2v) is 8.30. The van der Waals surface area contributed by atoms with Crippen molar-refractivity contribution in [2.24, 2.45) is 0 Å². The molecule has 106 valence electrons. The summed E-state index contributed by atoms with van der Waals surface area (Å²) in [6, 6.07) is 0.276. The molecular weight excluding hydrogens is 284 g/mol. The van der Waals surface area contributed by atoms with E-state index < -0.39 is 9.84 Å². The minimum absolute atomic E-state index is 0.144. The van der Waals surface area contributed by atoms with Gasteiger partial charge in [0.25, 0.3) is 0 Å². The number of nitrogens with two attached hydrogens (primary N) is 1. The molecule has 19 heavy (non-hydrogen) atoms. The molecule has 6 nitrogen and oxygen atoms in total. The molecule has 1 saturated heterocycles. The Hall–Kier alpha value is -0.860. The fourth-order valence-electron chi connectivity index (χ4n) is 2.44. The first-order valence-corrected chi connectivity index (χ1v) is 8.74. The smallest absolute Gasteiger partial charge is 0.187 e. The lowest BCUT2D eigenvalue weighted by Crippen LogP contribution is -2.24. The van der Waals surface area contributed by atoms with Gasteiger partial charge < -0.3 is 16.0 Å². The van der Waals surface area contributed by atoms with Gasteiger partial charge in [-0.05, 0) is 44.4 Å². The molecule has 0 bridgehead atoms. The summed E-state index contributed by atoms with van der Waals surface area (Å²) < 4.78 is 28.8. The molecule has 3 N–H and O–H groups in total. The van der Waals surface area contributed by atoms with Crippen LogP contribution in [0.4, 0.5) is 10.8 Å². The Balaban J connectivity index is 1.86. The van der Waals surface area contributed by atoms with Crippen LogP contribution in [0, 0.1) is 0 Å². The predicted molar refractivity (Wildman–Crippen MR) is 76.3 cm³/mol. The molecular formula is C11H18N4O2S2. The predicted octanol–water partition coefficient (Wildman–Crippen LogP) is 0.777. The summed E-state index contributed by atoms with van der Waals surface area (Å²) in [4.78, 5) is 2.45. The molecule has 1 aliphatic heterocycles. The summed E-state index contributed by atoms with van der Waals surface area (Å²) in [6.45, 7) is 1.94. The van der Waals surface area contributed by atoms with Gasteiger partial charge in [-0.1, -0.05) is 0 Å². The van der Waals surface area contributed by atoms with Crippen LogP contribution in [-0.2, 0) is 9.84 Å². The highest BCUT2D eigenvalue weighted by atomic mass is 32.2. The number of anilines is 2. The molecule has 0 amide bonds. The van der Waals surface area contributed by atoms with Crippen LogP contribution >= 0.6 is 11.5 Å². The van der Waals surface area contributed by atoms with Gasteiger partial charge in [0.1, 0.15) is 9.90 Å². The number of nitrogens with zero attached hydrogens (tertiary/aromatic N) is 2. The van der Waals surface area contributed by atoms with Gasteiger partial charge in [0.15, 0.2) is 15.7 Å². The molecule has 0 aromatic carbocycles. The van der Waals surface area contributed by atoms with Crippen molar-refractivity contribution in [2.75, 3.05) is 31.2 Å². The lowest BCUT2D eigenvalue weighted by Gasteiger charge is -2.14. The minimum Gasteiger partial charge on any atom is -0.382 e. The van der Waals surface area contributed by atoms with E-state index >= 15 is 0 Å². The van der Waals surface area contributed by atoms with Crippen LogP contribution in [0.3, 0.4) is 0 Å². The summed E-state index contributed by atoms with van der Waals surface area (Å²) in [6.07, 6.45) is 2.49. The van der Waals surface area contributed by atoms with Crippen molar-refractivity contribution in [1.29, 1.82) is 0 Å². The van der Waals surface area contributed by atoms with E-state index in [1.54, 1.807) is 0 Å². The summed E-state index contributed by atoms with van der Waals surface area (Å²) in [7, 11) is -1.23. The Bertz CT molecular complexity index is 580. The van der Waals surface area contributed by atoms with Gasteiger partial charge in [0.05, 0.1) is 5.25 Å². The maximum Gasteiger partial charge on any atom is 0.187 e. The van der Waals surface area contributed by atoms with Crippen molar-refractivity contribution in [2.45, 2.75) is 35.4 Å². The number of likely N-dealkylation sites (tertiary alicyclic amines) is 1. The fourth-order valence-corrected chi connectivity index (χ4v) is 5.39. The lowest BCUT2D eigenvalue weighted by atomic mass is 10.3. The number of aromatic nitrogens is 1. The van der Waals surface area contributed by atoms with Crippen LogP contribution < -0.4 is 11.1 Å². The first-order chi connectivity index (χ1) is 8.98.